The van der Waals surface area contributed by atoms with E-state index < -0.39 is 16.7 Å². The maximum absolute atomic E-state index is 11.5. The predicted octanol–water partition coefficient (Wildman–Crippen LogP) is 1.53. The van der Waals surface area contributed by atoms with Crippen LogP contribution >= 0.6 is 11.3 Å². The van der Waals surface area contributed by atoms with Crippen LogP contribution in [0.15, 0.2) is 46.1 Å². The maximum atomic E-state index is 11.5. The standard InChI is InChI=1S/C14H12N4O5S/c19-12(5-3-10-2-1-7-23-10)15-9-13(20)17-16-8-11-4-6-14(24-11)18(21)22/h1-8H,9H2,(H,15,19)(H,17,20)/b5-3+,16-8+. The third-order valence-electron chi connectivity index (χ3n) is 2.54. The molecule has 0 unspecified atom stereocenters. The minimum absolute atomic E-state index is 0.0154. The number of hydrogen-bond acceptors (Lipinski definition) is 7. The van der Waals surface area contributed by atoms with Gasteiger partial charge in [0.25, 0.3) is 5.91 Å². The molecule has 2 heterocycles. The van der Waals surface area contributed by atoms with Gasteiger partial charge in [0.1, 0.15) is 5.76 Å². The van der Waals surface area contributed by atoms with Crippen LogP contribution in [0.3, 0.4) is 0 Å². The Labute approximate surface area is 139 Å². The van der Waals surface area contributed by atoms with Gasteiger partial charge in [0.05, 0.1) is 28.8 Å². The second-order valence-corrected chi connectivity index (χ2v) is 5.39. The summed E-state index contributed by atoms with van der Waals surface area (Å²) in [6.07, 6.45) is 5.47. The van der Waals surface area contributed by atoms with E-state index in [-0.39, 0.29) is 11.5 Å². The molecule has 0 aliphatic rings. The molecule has 2 aromatic heterocycles. The molecule has 0 spiro atoms. The number of carbonyl (C=O) groups excluding carboxylic acids is 2. The van der Waals surface area contributed by atoms with Crippen molar-refractivity contribution in [1.29, 1.82) is 0 Å². The molecule has 2 N–H and O–H groups in total. The van der Waals surface area contributed by atoms with Crippen molar-refractivity contribution in [2.75, 3.05) is 6.54 Å². The number of amides is 2. The molecule has 10 heteroatoms. The molecule has 0 radical (unpaired) electrons. The number of hydrogen-bond donors (Lipinski definition) is 2. The Bertz CT molecular complexity index is 779. The third-order valence-corrected chi connectivity index (χ3v) is 3.51. The first kappa shape index (κ1) is 17.1. The van der Waals surface area contributed by atoms with Crippen molar-refractivity contribution in [3.63, 3.8) is 0 Å². The Morgan fingerprint density at radius 3 is 2.88 bits per heavy atom. The molecule has 2 rings (SSSR count). The zero-order valence-corrected chi connectivity index (χ0v) is 13.0. The Kier molecular flexibility index (Phi) is 5.97. The summed E-state index contributed by atoms with van der Waals surface area (Å²) >= 11 is 0.929. The van der Waals surface area contributed by atoms with Crippen molar-refractivity contribution in [2.24, 2.45) is 5.10 Å². The summed E-state index contributed by atoms with van der Waals surface area (Å²) in [6, 6.07) is 6.23. The highest BCUT2D eigenvalue weighted by atomic mass is 32.1. The average Bonchev–Trinajstić information content (AvgIpc) is 3.22. The van der Waals surface area contributed by atoms with Gasteiger partial charge < -0.3 is 9.73 Å². The number of nitro groups is 1. The molecule has 0 saturated heterocycles. The highest BCUT2D eigenvalue weighted by Crippen LogP contribution is 2.22. The van der Waals surface area contributed by atoms with Gasteiger partial charge in [-0.2, -0.15) is 5.10 Å². The molecule has 24 heavy (non-hydrogen) atoms. The maximum Gasteiger partial charge on any atom is 0.324 e. The molecule has 0 aliphatic carbocycles. The van der Waals surface area contributed by atoms with Crippen LogP contribution in [0.5, 0.6) is 0 Å². The van der Waals surface area contributed by atoms with Gasteiger partial charge in [-0.15, -0.1) is 0 Å². The first-order valence-electron chi connectivity index (χ1n) is 6.60. The first-order valence-corrected chi connectivity index (χ1v) is 7.42. The van der Waals surface area contributed by atoms with Crippen molar-refractivity contribution in [3.05, 3.63) is 57.4 Å². The lowest BCUT2D eigenvalue weighted by molar-refractivity contribution is -0.380. The van der Waals surface area contributed by atoms with Gasteiger partial charge in [0.2, 0.25) is 5.91 Å². The average molecular weight is 348 g/mol. The lowest BCUT2D eigenvalue weighted by atomic mass is 10.4. The van der Waals surface area contributed by atoms with E-state index in [9.17, 15) is 19.7 Å². The number of hydrazone groups is 1. The van der Waals surface area contributed by atoms with Gasteiger partial charge in [0.15, 0.2) is 0 Å². The minimum Gasteiger partial charge on any atom is -0.465 e. The Balaban J connectivity index is 1.71. The predicted molar refractivity (Wildman–Crippen MR) is 87.5 cm³/mol. The van der Waals surface area contributed by atoms with Crippen LogP contribution in [0.4, 0.5) is 5.00 Å². The van der Waals surface area contributed by atoms with Crippen molar-refractivity contribution in [2.45, 2.75) is 0 Å². The normalized spacial score (nSPS) is 11.0. The Morgan fingerprint density at radius 2 is 2.21 bits per heavy atom. The zero-order valence-electron chi connectivity index (χ0n) is 12.2. The number of nitrogens with zero attached hydrogens (tertiary/aromatic N) is 2. The summed E-state index contributed by atoms with van der Waals surface area (Å²) < 4.78 is 5.01. The summed E-state index contributed by atoms with van der Waals surface area (Å²) in [6.45, 7) is -0.261. The van der Waals surface area contributed by atoms with Gasteiger partial charge >= 0.3 is 5.00 Å². The van der Waals surface area contributed by atoms with E-state index in [4.69, 9.17) is 4.42 Å². The number of furan rings is 1. The van der Waals surface area contributed by atoms with Crippen molar-refractivity contribution < 1.29 is 18.9 Å². The van der Waals surface area contributed by atoms with Crippen molar-refractivity contribution in [1.82, 2.24) is 10.7 Å². The number of thiophene rings is 1. The Hall–Kier alpha value is -3.27. The lowest BCUT2D eigenvalue weighted by Crippen LogP contribution is -2.33. The lowest BCUT2D eigenvalue weighted by Gasteiger charge is -2.00. The van der Waals surface area contributed by atoms with Crippen LogP contribution < -0.4 is 10.7 Å². The molecule has 2 aromatic rings. The van der Waals surface area contributed by atoms with Crippen LogP contribution in [0.1, 0.15) is 10.6 Å². The van der Waals surface area contributed by atoms with E-state index in [1.165, 1.54) is 36.8 Å². The molecular weight excluding hydrogens is 336 g/mol. The van der Waals surface area contributed by atoms with Crippen LogP contribution in [0.2, 0.25) is 0 Å². The zero-order chi connectivity index (χ0) is 17.4. The summed E-state index contributed by atoms with van der Waals surface area (Å²) in [5, 5.41) is 16.5. The smallest absolute Gasteiger partial charge is 0.324 e. The quantitative estimate of drug-likeness (QED) is 0.339. The monoisotopic (exact) mass is 348 g/mol. The fourth-order valence-electron chi connectivity index (χ4n) is 1.49. The molecule has 9 nitrogen and oxygen atoms in total. The van der Waals surface area contributed by atoms with Crippen molar-refractivity contribution in [3.8, 4) is 0 Å². The van der Waals surface area contributed by atoms with Gasteiger partial charge in [-0.25, -0.2) is 5.43 Å². The van der Waals surface area contributed by atoms with Crippen LogP contribution in [0.25, 0.3) is 6.08 Å². The largest absolute Gasteiger partial charge is 0.465 e. The van der Waals surface area contributed by atoms with Gasteiger partial charge in [-0.3, -0.25) is 19.7 Å². The molecule has 0 aromatic carbocycles. The molecule has 0 bridgehead atoms. The van der Waals surface area contributed by atoms with E-state index in [2.05, 4.69) is 15.8 Å². The van der Waals surface area contributed by atoms with E-state index >= 15 is 0 Å². The highest BCUT2D eigenvalue weighted by Gasteiger charge is 2.08. The van der Waals surface area contributed by atoms with E-state index in [1.54, 1.807) is 12.1 Å². The van der Waals surface area contributed by atoms with Crippen LogP contribution in [-0.2, 0) is 9.59 Å². The van der Waals surface area contributed by atoms with Crippen LogP contribution in [0, 0.1) is 10.1 Å². The molecule has 0 atom stereocenters. The summed E-state index contributed by atoms with van der Waals surface area (Å²) in [5.74, 6) is -0.472. The van der Waals surface area contributed by atoms with E-state index in [0.717, 1.165) is 11.3 Å². The Morgan fingerprint density at radius 1 is 1.38 bits per heavy atom. The minimum atomic E-state index is -0.531. The van der Waals surface area contributed by atoms with Gasteiger partial charge in [0, 0.05) is 12.1 Å². The number of carbonyl (C=O) groups is 2. The fourth-order valence-corrected chi connectivity index (χ4v) is 2.18. The molecular formula is C14H12N4O5S. The number of rotatable bonds is 7. The van der Waals surface area contributed by atoms with Crippen LogP contribution in [-0.4, -0.2) is 29.5 Å². The highest BCUT2D eigenvalue weighted by molar-refractivity contribution is 7.16. The fraction of sp³-hybridized carbons (Fsp3) is 0.0714. The second-order valence-electron chi connectivity index (χ2n) is 4.29. The SMILES string of the molecule is O=C(/C=C/c1ccco1)NCC(=O)N/N=C/c1ccc([N+](=O)[O-])s1. The third kappa shape index (κ3) is 5.50. The first-order chi connectivity index (χ1) is 11.5. The van der Waals surface area contributed by atoms with E-state index in [1.807, 2.05) is 0 Å². The molecule has 0 aliphatic heterocycles. The molecule has 124 valence electrons. The summed E-state index contributed by atoms with van der Waals surface area (Å²) in [5.41, 5.74) is 2.20. The molecule has 0 saturated carbocycles. The van der Waals surface area contributed by atoms with Crippen molar-refractivity contribution >= 4 is 40.4 Å². The van der Waals surface area contributed by atoms with Gasteiger partial charge in [-0.1, -0.05) is 11.3 Å². The topological polar surface area (TPSA) is 127 Å². The summed E-state index contributed by atoms with van der Waals surface area (Å²) in [4.78, 5) is 33.5. The summed E-state index contributed by atoms with van der Waals surface area (Å²) in [7, 11) is 0. The molecule has 2 amide bonds. The molecule has 0 fully saturated rings. The number of nitrogens with one attached hydrogen (secondary N) is 2. The second kappa shape index (κ2) is 8.39. The van der Waals surface area contributed by atoms with E-state index in [0.29, 0.717) is 10.6 Å². The van der Waals surface area contributed by atoms with Gasteiger partial charge in [-0.05, 0) is 24.3 Å².